The molecule has 1 unspecified atom stereocenters. The minimum absolute atomic E-state index is 0. The van der Waals surface area contributed by atoms with Gasteiger partial charge in [-0.25, -0.2) is 0 Å². The van der Waals surface area contributed by atoms with E-state index in [0.717, 1.165) is 19.3 Å². The van der Waals surface area contributed by atoms with Gasteiger partial charge < -0.3 is 19.0 Å². The number of aliphatic hydroxyl groups is 1. The van der Waals surface area contributed by atoms with E-state index in [1.54, 1.807) is 0 Å². The van der Waals surface area contributed by atoms with Crippen LogP contribution in [0.4, 0.5) is 0 Å². The zero-order valence-corrected chi connectivity index (χ0v) is 13.5. The molecule has 0 aromatic heterocycles. The van der Waals surface area contributed by atoms with E-state index < -0.39 is 7.82 Å². The molecular weight excluding hydrogens is 246 g/mol. The maximum Gasteiger partial charge on any atom is 1.00 e. The van der Waals surface area contributed by atoms with Gasteiger partial charge in [-0.15, -0.1) is 0 Å². The Morgan fingerprint density at radius 2 is 1.80 bits per heavy atom. The van der Waals surface area contributed by atoms with Crippen molar-refractivity contribution in [3.8, 4) is 0 Å². The van der Waals surface area contributed by atoms with Crippen LogP contribution in [0.5, 0.6) is 0 Å². The molecule has 0 radical (unpaired) electrons. The first-order valence-electron chi connectivity index (χ1n) is 4.83. The summed E-state index contributed by atoms with van der Waals surface area (Å²) in [5.74, 6) is 0. The first-order chi connectivity index (χ1) is 6.62. The molecule has 0 aliphatic heterocycles. The third-order valence-electron chi connectivity index (χ3n) is 1.59. The fourth-order valence-corrected chi connectivity index (χ4v) is 1.63. The van der Waals surface area contributed by atoms with Gasteiger partial charge in [-0.05, 0) is 6.42 Å². The van der Waals surface area contributed by atoms with Gasteiger partial charge in [0.05, 0.1) is 19.8 Å². The van der Waals surface area contributed by atoms with Gasteiger partial charge in [0.2, 0.25) is 0 Å². The van der Waals surface area contributed by atoms with Crippen molar-refractivity contribution in [2.75, 3.05) is 19.8 Å². The van der Waals surface area contributed by atoms with Crippen LogP contribution in [0, 0.1) is 0 Å². The fourth-order valence-electron chi connectivity index (χ4n) is 0.895. The van der Waals surface area contributed by atoms with Gasteiger partial charge in [-0.2, -0.15) is 0 Å². The maximum atomic E-state index is 10.9. The predicted octanol–water partition coefficient (Wildman–Crippen LogP) is -1.94. The van der Waals surface area contributed by atoms with Gasteiger partial charge in [0.1, 0.15) is 0 Å². The van der Waals surface area contributed by atoms with Crippen molar-refractivity contribution in [3.63, 3.8) is 0 Å². The molecule has 0 aromatic rings. The molecule has 5 nitrogen and oxygen atoms in total. The van der Waals surface area contributed by atoms with Gasteiger partial charge >= 0.3 is 51.4 Å². The number of aliphatic hydroxyl groups excluding tert-OH is 1. The minimum Gasteiger partial charge on any atom is -0.756 e. The number of unbranched alkanes of at least 4 members (excludes halogenated alkanes) is 3. The Bertz CT molecular complexity index is 178. The van der Waals surface area contributed by atoms with Crippen LogP contribution >= 0.6 is 7.82 Å². The Morgan fingerprint density at radius 3 is 2.33 bits per heavy atom. The number of phosphoric ester groups is 1. The average molecular weight is 264 g/mol. The molecule has 0 aliphatic carbocycles. The second-order valence-corrected chi connectivity index (χ2v) is 4.31. The Kier molecular flexibility index (Phi) is 15.5. The van der Waals surface area contributed by atoms with E-state index in [1.807, 2.05) is 0 Å². The normalized spacial score (nSPS) is 14.3. The van der Waals surface area contributed by atoms with Crippen LogP contribution in [0.2, 0.25) is 0 Å². The van der Waals surface area contributed by atoms with Crippen molar-refractivity contribution >= 4 is 7.82 Å². The fraction of sp³-hybridized carbons (Fsp3) is 1.00. The summed E-state index contributed by atoms with van der Waals surface area (Å²) in [5.41, 5.74) is 0. The quantitative estimate of drug-likeness (QED) is 0.298. The van der Waals surface area contributed by atoms with Crippen LogP contribution in [-0.2, 0) is 13.6 Å². The molecule has 0 fully saturated rings. The van der Waals surface area contributed by atoms with Crippen molar-refractivity contribution in [2.24, 2.45) is 0 Å². The zero-order chi connectivity index (χ0) is 10.9. The summed E-state index contributed by atoms with van der Waals surface area (Å²) in [6, 6.07) is 0. The molecular formula is C8H18KO5P. The van der Waals surface area contributed by atoms with E-state index in [-0.39, 0.29) is 71.2 Å². The zero-order valence-electron chi connectivity index (χ0n) is 9.48. The van der Waals surface area contributed by atoms with Crippen LogP contribution in [0.3, 0.4) is 0 Å². The van der Waals surface area contributed by atoms with Crippen LogP contribution in [0.15, 0.2) is 0 Å². The van der Waals surface area contributed by atoms with Crippen molar-refractivity contribution in [1.82, 2.24) is 0 Å². The van der Waals surface area contributed by atoms with Crippen molar-refractivity contribution in [1.29, 1.82) is 0 Å². The number of hydrogen-bond acceptors (Lipinski definition) is 5. The Balaban J connectivity index is 0. The average Bonchev–Trinajstić information content (AvgIpc) is 2.15. The van der Waals surface area contributed by atoms with Gasteiger partial charge in [0, 0.05) is 0 Å². The van der Waals surface area contributed by atoms with Gasteiger partial charge in [-0.1, -0.05) is 26.2 Å². The molecule has 1 N–H and O–H groups in total. The third kappa shape index (κ3) is 13.6. The second-order valence-electron chi connectivity index (χ2n) is 2.90. The summed E-state index contributed by atoms with van der Waals surface area (Å²) in [6.07, 6.45) is 3.83. The van der Waals surface area contributed by atoms with Crippen molar-refractivity contribution in [3.05, 3.63) is 0 Å². The van der Waals surface area contributed by atoms with Gasteiger partial charge in [-0.3, -0.25) is 4.57 Å². The van der Waals surface area contributed by atoms with Crippen LogP contribution in [0.25, 0.3) is 0 Å². The summed E-state index contributed by atoms with van der Waals surface area (Å²) >= 11 is 0. The largest absolute Gasteiger partial charge is 1.00 e. The summed E-state index contributed by atoms with van der Waals surface area (Å²) in [6.45, 7) is 1.66. The smallest absolute Gasteiger partial charge is 0.756 e. The van der Waals surface area contributed by atoms with E-state index in [9.17, 15) is 9.46 Å². The third-order valence-corrected chi connectivity index (χ3v) is 2.59. The SMILES string of the molecule is CCCCCCOP(=O)([O-])OCCO.[K+]. The van der Waals surface area contributed by atoms with E-state index in [0.29, 0.717) is 6.42 Å². The summed E-state index contributed by atoms with van der Waals surface area (Å²) in [5, 5.41) is 8.33. The monoisotopic (exact) mass is 264 g/mol. The standard InChI is InChI=1S/C8H19O5P.K/c1-2-3-4-5-7-12-14(10,11)13-8-6-9;/h9H,2-8H2,1H3,(H,10,11);/q;+1/p-1. The Morgan fingerprint density at radius 1 is 1.20 bits per heavy atom. The number of phosphoric acid groups is 1. The van der Waals surface area contributed by atoms with Crippen molar-refractivity contribution in [2.45, 2.75) is 32.6 Å². The van der Waals surface area contributed by atoms with E-state index in [2.05, 4.69) is 16.0 Å². The molecule has 0 bridgehead atoms. The molecule has 0 amide bonds. The molecule has 86 valence electrons. The van der Waals surface area contributed by atoms with Gasteiger partial charge in [0.15, 0.2) is 0 Å². The minimum atomic E-state index is -4.17. The van der Waals surface area contributed by atoms with Crippen LogP contribution < -0.4 is 56.3 Å². The molecule has 0 aromatic carbocycles. The van der Waals surface area contributed by atoms with Gasteiger partial charge in [0.25, 0.3) is 7.82 Å². The molecule has 7 heteroatoms. The first-order valence-corrected chi connectivity index (χ1v) is 6.29. The molecule has 0 aliphatic rings. The second kappa shape index (κ2) is 12.2. The topological polar surface area (TPSA) is 78.8 Å². The summed E-state index contributed by atoms with van der Waals surface area (Å²) in [4.78, 5) is 10.9. The van der Waals surface area contributed by atoms with Crippen molar-refractivity contribution < 1.29 is 75.0 Å². The maximum absolute atomic E-state index is 10.9. The molecule has 0 rings (SSSR count). The number of hydrogen-bond donors (Lipinski definition) is 1. The Hall–Kier alpha value is 1.71. The number of rotatable bonds is 9. The molecule has 0 saturated heterocycles. The molecule has 0 spiro atoms. The molecule has 0 heterocycles. The summed E-state index contributed by atoms with van der Waals surface area (Å²) in [7, 11) is -4.17. The predicted molar refractivity (Wildman–Crippen MR) is 50.7 cm³/mol. The van der Waals surface area contributed by atoms with E-state index in [4.69, 9.17) is 5.11 Å². The molecule has 0 saturated carbocycles. The Labute approximate surface area is 134 Å². The molecule has 1 atom stereocenters. The molecule has 15 heavy (non-hydrogen) atoms. The van der Waals surface area contributed by atoms with E-state index >= 15 is 0 Å². The first kappa shape index (κ1) is 19.1. The van der Waals surface area contributed by atoms with Crippen LogP contribution in [-0.4, -0.2) is 24.9 Å². The van der Waals surface area contributed by atoms with E-state index in [1.165, 1.54) is 0 Å². The summed E-state index contributed by atoms with van der Waals surface area (Å²) < 4.78 is 19.8. The van der Waals surface area contributed by atoms with Crippen LogP contribution in [0.1, 0.15) is 32.6 Å².